The number of rotatable bonds is 16. The number of hydrogen-bond donors (Lipinski definition) is 2. The largest absolute Gasteiger partial charge is 0.478 e. The van der Waals surface area contributed by atoms with E-state index in [9.17, 15) is 4.79 Å². The molecule has 0 aliphatic carbocycles. The molecule has 1 aromatic carbocycles. The van der Waals surface area contributed by atoms with Gasteiger partial charge in [-0.1, -0.05) is 116 Å². The first kappa shape index (κ1) is 26.6. The van der Waals surface area contributed by atoms with Crippen LogP contribution in [0.4, 0.5) is 0 Å². The summed E-state index contributed by atoms with van der Waals surface area (Å²) in [5.74, 6) is 0.00739. The average Bonchev–Trinajstić information content (AvgIpc) is 2.69. The van der Waals surface area contributed by atoms with Crippen molar-refractivity contribution >= 4 is 5.97 Å². The standard InChI is InChI=1S/C18H38O.C7H6O2/c1-18(2)16-14-12-10-8-6-4-3-5-7-9-11-13-15-17-19;8-7(9)6-4-2-1-3-5-6/h18-19H,3-17H2,1-2H3;1-5H,(H,8,9). The summed E-state index contributed by atoms with van der Waals surface area (Å²) in [6.07, 6.45) is 19.3. The molecule has 1 rings (SSSR count). The van der Waals surface area contributed by atoms with E-state index in [1.165, 1.54) is 83.5 Å². The number of carboxylic acids is 1. The zero-order valence-electron chi connectivity index (χ0n) is 18.4. The van der Waals surface area contributed by atoms with Crippen LogP contribution in [0, 0.1) is 5.92 Å². The van der Waals surface area contributed by atoms with Gasteiger partial charge in [0.25, 0.3) is 0 Å². The van der Waals surface area contributed by atoms with Crippen LogP contribution in [-0.4, -0.2) is 22.8 Å². The lowest BCUT2D eigenvalue weighted by Crippen LogP contribution is -1.93. The third-order valence-corrected chi connectivity index (χ3v) is 4.96. The number of carboxylic acid groups (broad SMARTS) is 1. The second kappa shape index (κ2) is 20.4. The van der Waals surface area contributed by atoms with Crippen LogP contribution < -0.4 is 0 Å². The van der Waals surface area contributed by atoms with Crippen LogP contribution in [0.15, 0.2) is 30.3 Å². The van der Waals surface area contributed by atoms with Crippen molar-refractivity contribution in [3.05, 3.63) is 35.9 Å². The van der Waals surface area contributed by atoms with Crippen LogP contribution in [0.5, 0.6) is 0 Å². The first-order chi connectivity index (χ1) is 13.6. The molecule has 0 atom stereocenters. The molecule has 0 unspecified atom stereocenters. The van der Waals surface area contributed by atoms with E-state index >= 15 is 0 Å². The predicted molar refractivity (Wildman–Crippen MR) is 120 cm³/mol. The van der Waals surface area contributed by atoms with Gasteiger partial charge in [0, 0.05) is 6.61 Å². The van der Waals surface area contributed by atoms with E-state index in [0.29, 0.717) is 12.2 Å². The summed E-state index contributed by atoms with van der Waals surface area (Å²) in [6.45, 7) is 5.02. The van der Waals surface area contributed by atoms with Gasteiger partial charge in [-0.3, -0.25) is 0 Å². The van der Waals surface area contributed by atoms with Crippen molar-refractivity contribution in [2.24, 2.45) is 5.92 Å². The van der Waals surface area contributed by atoms with Gasteiger partial charge in [-0.05, 0) is 24.5 Å². The van der Waals surface area contributed by atoms with Crippen LogP contribution in [0.1, 0.15) is 114 Å². The minimum Gasteiger partial charge on any atom is -0.478 e. The molecule has 1 aromatic rings. The van der Waals surface area contributed by atoms with Gasteiger partial charge >= 0.3 is 5.97 Å². The Kier molecular flexibility index (Phi) is 19.4. The topological polar surface area (TPSA) is 57.5 Å². The summed E-state index contributed by atoms with van der Waals surface area (Å²) >= 11 is 0. The molecule has 3 nitrogen and oxygen atoms in total. The van der Waals surface area contributed by atoms with Crippen molar-refractivity contribution in [1.29, 1.82) is 0 Å². The van der Waals surface area contributed by atoms with Gasteiger partial charge in [0.1, 0.15) is 0 Å². The highest BCUT2D eigenvalue weighted by atomic mass is 16.4. The number of carbonyl (C=O) groups is 1. The van der Waals surface area contributed by atoms with Gasteiger partial charge in [-0.15, -0.1) is 0 Å². The fraction of sp³-hybridized carbons (Fsp3) is 0.720. The summed E-state index contributed by atoms with van der Waals surface area (Å²) in [4.78, 5) is 10.2. The van der Waals surface area contributed by atoms with E-state index in [1.54, 1.807) is 30.3 Å². The van der Waals surface area contributed by atoms with E-state index in [1.807, 2.05) is 0 Å². The molecule has 0 heterocycles. The fourth-order valence-electron chi connectivity index (χ4n) is 3.19. The smallest absolute Gasteiger partial charge is 0.335 e. The molecular formula is C25H44O3. The van der Waals surface area contributed by atoms with Crippen molar-refractivity contribution < 1.29 is 15.0 Å². The van der Waals surface area contributed by atoms with Gasteiger partial charge in [0.15, 0.2) is 0 Å². The Morgan fingerprint density at radius 3 is 1.43 bits per heavy atom. The van der Waals surface area contributed by atoms with Crippen LogP contribution in [-0.2, 0) is 0 Å². The summed E-state index contributed by atoms with van der Waals surface area (Å²) in [6, 6.07) is 8.30. The van der Waals surface area contributed by atoms with Crippen molar-refractivity contribution in [2.75, 3.05) is 6.61 Å². The molecule has 2 N–H and O–H groups in total. The Morgan fingerprint density at radius 2 is 1.11 bits per heavy atom. The van der Waals surface area contributed by atoms with E-state index in [4.69, 9.17) is 10.2 Å². The third-order valence-electron chi connectivity index (χ3n) is 4.96. The second-order valence-corrected chi connectivity index (χ2v) is 8.17. The van der Waals surface area contributed by atoms with Crippen molar-refractivity contribution in [3.63, 3.8) is 0 Å². The number of unbranched alkanes of at least 4 members (excludes halogenated alkanes) is 12. The van der Waals surface area contributed by atoms with Crippen molar-refractivity contribution in [2.45, 2.75) is 104 Å². The fourth-order valence-corrected chi connectivity index (χ4v) is 3.19. The normalized spacial score (nSPS) is 10.6. The van der Waals surface area contributed by atoms with Crippen LogP contribution >= 0.6 is 0 Å². The molecular weight excluding hydrogens is 348 g/mol. The second-order valence-electron chi connectivity index (χ2n) is 8.17. The van der Waals surface area contributed by atoms with E-state index in [-0.39, 0.29) is 0 Å². The van der Waals surface area contributed by atoms with Crippen molar-refractivity contribution in [3.8, 4) is 0 Å². The number of aliphatic hydroxyl groups excluding tert-OH is 1. The molecule has 0 bridgehead atoms. The minimum absolute atomic E-state index is 0.331. The van der Waals surface area contributed by atoms with Crippen molar-refractivity contribution in [1.82, 2.24) is 0 Å². The Morgan fingerprint density at radius 1 is 0.714 bits per heavy atom. The molecule has 0 amide bonds. The van der Waals surface area contributed by atoms with Gasteiger partial charge in [0.05, 0.1) is 5.56 Å². The number of hydrogen-bond acceptors (Lipinski definition) is 2. The predicted octanol–water partition coefficient (Wildman–Crippen LogP) is 7.48. The van der Waals surface area contributed by atoms with E-state index in [0.717, 1.165) is 12.3 Å². The zero-order chi connectivity index (χ0) is 20.9. The molecule has 0 aliphatic heterocycles. The molecule has 0 fully saturated rings. The summed E-state index contributed by atoms with van der Waals surface area (Å²) < 4.78 is 0. The molecule has 0 aliphatic rings. The quantitative estimate of drug-likeness (QED) is 0.287. The number of benzene rings is 1. The summed E-state index contributed by atoms with van der Waals surface area (Å²) in [7, 11) is 0. The van der Waals surface area contributed by atoms with Crippen LogP contribution in [0.25, 0.3) is 0 Å². The summed E-state index contributed by atoms with van der Waals surface area (Å²) in [5.41, 5.74) is 0.331. The van der Waals surface area contributed by atoms with Crippen LogP contribution in [0.2, 0.25) is 0 Å². The third kappa shape index (κ3) is 19.4. The van der Waals surface area contributed by atoms with E-state index < -0.39 is 5.97 Å². The molecule has 28 heavy (non-hydrogen) atoms. The molecule has 0 aromatic heterocycles. The van der Waals surface area contributed by atoms with Gasteiger partial charge in [0.2, 0.25) is 0 Å². The van der Waals surface area contributed by atoms with Gasteiger partial charge in [-0.2, -0.15) is 0 Å². The number of aromatic carboxylic acids is 1. The van der Waals surface area contributed by atoms with Crippen LogP contribution in [0.3, 0.4) is 0 Å². The monoisotopic (exact) mass is 392 g/mol. The maximum atomic E-state index is 10.2. The summed E-state index contributed by atoms with van der Waals surface area (Å²) in [5, 5.41) is 17.1. The number of aliphatic hydroxyl groups is 1. The highest BCUT2D eigenvalue weighted by molar-refractivity contribution is 5.87. The lowest BCUT2D eigenvalue weighted by atomic mass is 10.0. The molecule has 0 spiro atoms. The molecule has 0 radical (unpaired) electrons. The minimum atomic E-state index is -0.879. The highest BCUT2D eigenvalue weighted by Crippen LogP contribution is 2.14. The Hall–Kier alpha value is -1.35. The van der Waals surface area contributed by atoms with Gasteiger partial charge < -0.3 is 10.2 Å². The zero-order valence-corrected chi connectivity index (χ0v) is 18.4. The molecule has 3 heteroatoms. The Labute approximate surface area is 173 Å². The molecule has 0 saturated heterocycles. The maximum absolute atomic E-state index is 10.2. The van der Waals surface area contributed by atoms with Gasteiger partial charge in [-0.25, -0.2) is 4.79 Å². The average molecular weight is 393 g/mol. The molecule has 162 valence electrons. The Bertz CT molecular complexity index is 442. The molecule has 0 saturated carbocycles. The lowest BCUT2D eigenvalue weighted by molar-refractivity contribution is 0.0697. The maximum Gasteiger partial charge on any atom is 0.335 e. The van der Waals surface area contributed by atoms with E-state index in [2.05, 4.69) is 13.8 Å². The highest BCUT2D eigenvalue weighted by Gasteiger charge is 1.97. The Balaban J connectivity index is 0.000000668. The first-order valence-electron chi connectivity index (χ1n) is 11.5. The first-order valence-corrected chi connectivity index (χ1v) is 11.5. The SMILES string of the molecule is CC(C)CCCCCCCCCCCCCCCO.O=C(O)c1ccccc1. The lowest BCUT2D eigenvalue weighted by Gasteiger charge is -2.04.